The third-order valence-corrected chi connectivity index (χ3v) is 3.43. The highest BCUT2D eigenvalue weighted by atomic mass is 16.5. The van der Waals surface area contributed by atoms with Crippen LogP contribution in [0.5, 0.6) is 11.5 Å². The van der Waals surface area contributed by atoms with Crippen LogP contribution < -0.4 is 4.74 Å². The first kappa shape index (κ1) is 13.2. The monoisotopic (exact) mass is 278 g/mol. The summed E-state index contributed by atoms with van der Waals surface area (Å²) in [7, 11) is 0. The van der Waals surface area contributed by atoms with Crippen LogP contribution in [0.15, 0.2) is 60.7 Å². The van der Waals surface area contributed by atoms with E-state index in [4.69, 9.17) is 4.74 Å². The topological polar surface area (TPSA) is 46.5 Å². The molecule has 0 aliphatic heterocycles. The summed E-state index contributed by atoms with van der Waals surface area (Å²) in [6.07, 6.45) is 0. The van der Waals surface area contributed by atoms with Crippen molar-refractivity contribution in [2.45, 2.75) is 6.92 Å². The Bertz CT molecular complexity index is 822. The molecule has 0 spiro atoms. The van der Waals surface area contributed by atoms with Crippen molar-refractivity contribution < 1.29 is 14.6 Å². The molecule has 0 radical (unpaired) electrons. The van der Waals surface area contributed by atoms with E-state index < -0.39 is 5.97 Å². The average molecular weight is 278 g/mol. The number of phenolic OH excluding ortho intramolecular Hbond substituents is 1. The van der Waals surface area contributed by atoms with Crippen LogP contribution in [0.4, 0.5) is 0 Å². The summed E-state index contributed by atoms with van der Waals surface area (Å²) in [5.41, 5.74) is 1.40. The van der Waals surface area contributed by atoms with Crippen LogP contribution in [-0.2, 0) is 0 Å². The van der Waals surface area contributed by atoms with Crippen molar-refractivity contribution >= 4 is 16.7 Å². The maximum atomic E-state index is 12.3. The zero-order chi connectivity index (χ0) is 14.8. The van der Waals surface area contributed by atoms with Crippen LogP contribution in [0.1, 0.15) is 15.9 Å². The maximum absolute atomic E-state index is 12.3. The molecular formula is C18H14O3. The van der Waals surface area contributed by atoms with Crippen molar-refractivity contribution in [1.29, 1.82) is 0 Å². The Labute approximate surface area is 122 Å². The Morgan fingerprint density at radius 3 is 2.43 bits per heavy atom. The Hall–Kier alpha value is -2.81. The van der Waals surface area contributed by atoms with Gasteiger partial charge in [0.1, 0.15) is 11.5 Å². The van der Waals surface area contributed by atoms with Gasteiger partial charge in [0.25, 0.3) is 0 Å². The predicted octanol–water partition coefficient (Wildman–Crippen LogP) is 4.07. The molecule has 3 rings (SSSR count). The number of fused-ring (bicyclic) bond motifs is 1. The Morgan fingerprint density at radius 1 is 0.905 bits per heavy atom. The minimum atomic E-state index is -0.399. The highest BCUT2D eigenvalue weighted by Gasteiger charge is 2.13. The fraction of sp³-hybridized carbons (Fsp3) is 0.0556. The van der Waals surface area contributed by atoms with Crippen LogP contribution in [-0.4, -0.2) is 11.1 Å². The van der Waals surface area contributed by atoms with E-state index in [1.165, 1.54) is 0 Å². The SMILES string of the molecule is Cc1ccccc1C(=O)Oc1cccc2c(O)cccc12. The Morgan fingerprint density at radius 2 is 1.62 bits per heavy atom. The second-order valence-electron chi connectivity index (χ2n) is 4.83. The molecule has 104 valence electrons. The van der Waals surface area contributed by atoms with Gasteiger partial charge in [-0.1, -0.05) is 42.5 Å². The summed E-state index contributed by atoms with van der Waals surface area (Å²) in [4.78, 5) is 12.3. The fourth-order valence-electron chi connectivity index (χ4n) is 2.31. The van der Waals surface area contributed by atoms with Crippen molar-refractivity contribution in [3.8, 4) is 11.5 Å². The number of esters is 1. The van der Waals surface area contributed by atoms with Gasteiger partial charge in [-0.3, -0.25) is 0 Å². The van der Waals surface area contributed by atoms with Gasteiger partial charge < -0.3 is 9.84 Å². The summed E-state index contributed by atoms with van der Waals surface area (Å²) in [6.45, 7) is 1.87. The number of rotatable bonds is 2. The lowest BCUT2D eigenvalue weighted by Crippen LogP contribution is -2.10. The summed E-state index contributed by atoms with van der Waals surface area (Å²) in [5, 5.41) is 11.2. The lowest BCUT2D eigenvalue weighted by atomic mass is 10.1. The van der Waals surface area contributed by atoms with Gasteiger partial charge >= 0.3 is 5.97 Å². The number of carbonyl (C=O) groups is 1. The van der Waals surface area contributed by atoms with Crippen molar-refractivity contribution in [3.63, 3.8) is 0 Å². The lowest BCUT2D eigenvalue weighted by Gasteiger charge is -2.09. The minimum Gasteiger partial charge on any atom is -0.507 e. The van der Waals surface area contributed by atoms with Gasteiger partial charge in [-0.2, -0.15) is 0 Å². The van der Waals surface area contributed by atoms with Gasteiger partial charge in [-0.25, -0.2) is 4.79 Å². The molecule has 3 aromatic rings. The molecule has 0 amide bonds. The van der Waals surface area contributed by atoms with Crippen LogP contribution in [0.2, 0.25) is 0 Å². The third kappa shape index (κ3) is 2.46. The van der Waals surface area contributed by atoms with E-state index in [0.29, 0.717) is 22.1 Å². The van der Waals surface area contributed by atoms with Crippen LogP contribution in [0, 0.1) is 6.92 Å². The molecule has 0 atom stereocenters. The molecule has 3 nitrogen and oxygen atoms in total. The number of hydrogen-bond acceptors (Lipinski definition) is 3. The standard InChI is InChI=1S/C18H14O3/c1-12-6-2-3-7-13(12)18(20)21-17-11-5-8-14-15(17)9-4-10-16(14)19/h2-11,19H,1H3. The summed E-state index contributed by atoms with van der Waals surface area (Å²) >= 11 is 0. The van der Waals surface area contributed by atoms with E-state index >= 15 is 0 Å². The van der Waals surface area contributed by atoms with Gasteiger partial charge in [0.05, 0.1) is 5.56 Å². The average Bonchev–Trinajstić information content (AvgIpc) is 2.49. The number of aromatic hydroxyl groups is 1. The molecule has 0 bridgehead atoms. The lowest BCUT2D eigenvalue weighted by molar-refractivity contribution is 0.0736. The van der Waals surface area contributed by atoms with E-state index in [1.807, 2.05) is 25.1 Å². The number of benzene rings is 3. The first-order valence-corrected chi connectivity index (χ1v) is 6.65. The minimum absolute atomic E-state index is 0.168. The molecule has 21 heavy (non-hydrogen) atoms. The Balaban J connectivity index is 2.01. The molecular weight excluding hydrogens is 264 g/mol. The zero-order valence-electron chi connectivity index (χ0n) is 11.5. The molecule has 0 aliphatic carbocycles. The fourth-order valence-corrected chi connectivity index (χ4v) is 2.31. The summed E-state index contributed by atoms with van der Waals surface area (Å²) in [5.74, 6) is 0.210. The quantitative estimate of drug-likeness (QED) is 0.567. The highest BCUT2D eigenvalue weighted by Crippen LogP contribution is 2.31. The number of phenols is 1. The van der Waals surface area contributed by atoms with E-state index in [2.05, 4.69) is 0 Å². The number of aryl methyl sites for hydroxylation is 1. The third-order valence-electron chi connectivity index (χ3n) is 3.43. The highest BCUT2D eigenvalue weighted by molar-refractivity contribution is 5.97. The van der Waals surface area contributed by atoms with Gasteiger partial charge in [0, 0.05) is 10.8 Å². The number of carbonyl (C=O) groups excluding carboxylic acids is 1. The molecule has 0 heterocycles. The van der Waals surface area contributed by atoms with Gasteiger partial charge in [0.15, 0.2) is 0 Å². The Kier molecular flexibility index (Phi) is 3.32. The van der Waals surface area contributed by atoms with E-state index in [0.717, 1.165) is 5.56 Å². The van der Waals surface area contributed by atoms with E-state index in [1.54, 1.807) is 42.5 Å². The van der Waals surface area contributed by atoms with Crippen LogP contribution in [0.25, 0.3) is 10.8 Å². The van der Waals surface area contributed by atoms with Crippen molar-refractivity contribution in [1.82, 2.24) is 0 Å². The molecule has 3 aromatic carbocycles. The molecule has 0 aromatic heterocycles. The second kappa shape index (κ2) is 5.29. The molecule has 3 heteroatoms. The van der Waals surface area contributed by atoms with E-state index in [9.17, 15) is 9.90 Å². The molecule has 0 fully saturated rings. The zero-order valence-corrected chi connectivity index (χ0v) is 11.5. The number of hydrogen-bond donors (Lipinski definition) is 1. The van der Waals surface area contributed by atoms with Crippen LogP contribution >= 0.6 is 0 Å². The molecule has 0 saturated carbocycles. The molecule has 1 N–H and O–H groups in total. The summed E-state index contributed by atoms with van der Waals surface area (Å²) < 4.78 is 5.50. The maximum Gasteiger partial charge on any atom is 0.343 e. The van der Waals surface area contributed by atoms with E-state index in [-0.39, 0.29) is 5.75 Å². The molecule has 0 saturated heterocycles. The van der Waals surface area contributed by atoms with Gasteiger partial charge in [-0.05, 0) is 30.7 Å². The largest absolute Gasteiger partial charge is 0.507 e. The van der Waals surface area contributed by atoms with Gasteiger partial charge in [0.2, 0.25) is 0 Å². The van der Waals surface area contributed by atoms with Crippen molar-refractivity contribution in [2.24, 2.45) is 0 Å². The van der Waals surface area contributed by atoms with Crippen molar-refractivity contribution in [3.05, 3.63) is 71.8 Å². The van der Waals surface area contributed by atoms with Crippen molar-refractivity contribution in [2.75, 3.05) is 0 Å². The normalized spacial score (nSPS) is 10.5. The smallest absolute Gasteiger partial charge is 0.343 e. The molecule has 0 aliphatic rings. The molecule has 0 unspecified atom stereocenters. The number of ether oxygens (including phenoxy) is 1. The summed E-state index contributed by atoms with van der Waals surface area (Å²) in [6, 6.07) is 17.7. The van der Waals surface area contributed by atoms with Gasteiger partial charge in [-0.15, -0.1) is 0 Å². The van der Waals surface area contributed by atoms with Crippen LogP contribution in [0.3, 0.4) is 0 Å². The first-order valence-electron chi connectivity index (χ1n) is 6.65. The predicted molar refractivity (Wildman–Crippen MR) is 81.8 cm³/mol. The first-order chi connectivity index (χ1) is 10.2. The second-order valence-corrected chi connectivity index (χ2v) is 4.83.